The van der Waals surface area contributed by atoms with Crippen LogP contribution in [0.15, 0.2) is 70.6 Å². The van der Waals surface area contributed by atoms with Gasteiger partial charge in [-0.25, -0.2) is 13.1 Å². The first-order valence-corrected chi connectivity index (χ1v) is 17.5. The SMILES string of the molecule is CCCCCCCN1C(=O)C(=Cc2cn(-c3ccccc3)nc2-c2cccc(S(=O)(=O)N3CC(C)OC(C)C3)c2)SC1=S. The molecule has 1 aromatic heterocycles. The first kappa shape index (κ1) is 31.6. The van der Waals surface area contributed by atoms with Crippen LogP contribution in [0.3, 0.4) is 0 Å². The molecule has 3 aromatic rings. The molecule has 228 valence electrons. The number of sulfonamides is 1. The van der Waals surface area contributed by atoms with E-state index in [1.807, 2.05) is 62.5 Å². The van der Waals surface area contributed by atoms with Crippen molar-refractivity contribution in [3.8, 4) is 16.9 Å². The molecule has 0 saturated carbocycles. The van der Waals surface area contributed by atoms with Gasteiger partial charge in [-0.1, -0.05) is 86.9 Å². The Kier molecular flexibility index (Phi) is 10.2. The highest BCUT2D eigenvalue weighted by Crippen LogP contribution is 2.36. The highest BCUT2D eigenvalue weighted by atomic mass is 32.2. The fraction of sp³-hybridized carbons (Fsp3) is 0.406. The number of hydrogen-bond donors (Lipinski definition) is 0. The lowest BCUT2D eigenvalue weighted by atomic mass is 10.1. The van der Waals surface area contributed by atoms with Crippen molar-refractivity contribution in [1.82, 2.24) is 19.0 Å². The molecule has 0 bridgehead atoms. The van der Waals surface area contributed by atoms with Crippen LogP contribution < -0.4 is 0 Å². The molecule has 2 unspecified atom stereocenters. The second-order valence-corrected chi connectivity index (χ2v) is 14.7. The second kappa shape index (κ2) is 13.9. The summed E-state index contributed by atoms with van der Waals surface area (Å²) >= 11 is 6.88. The summed E-state index contributed by atoms with van der Waals surface area (Å²) in [6.07, 6.45) is 8.82. The molecule has 2 aliphatic heterocycles. The van der Waals surface area contributed by atoms with Gasteiger partial charge in [-0.05, 0) is 50.6 Å². The van der Waals surface area contributed by atoms with Crippen molar-refractivity contribution in [2.45, 2.75) is 70.0 Å². The predicted octanol–water partition coefficient (Wildman–Crippen LogP) is 6.51. The predicted molar refractivity (Wildman–Crippen MR) is 176 cm³/mol. The summed E-state index contributed by atoms with van der Waals surface area (Å²) in [6, 6.07) is 16.5. The molecule has 5 rings (SSSR count). The third kappa shape index (κ3) is 7.29. The topological polar surface area (TPSA) is 84.7 Å². The average molecular weight is 639 g/mol. The molecule has 0 radical (unpaired) electrons. The Hall–Kier alpha value is -2.83. The molecule has 3 heterocycles. The summed E-state index contributed by atoms with van der Waals surface area (Å²) in [5.74, 6) is -0.101. The molecule has 0 N–H and O–H groups in total. The van der Waals surface area contributed by atoms with Gasteiger partial charge in [-0.2, -0.15) is 9.40 Å². The van der Waals surface area contributed by atoms with Crippen molar-refractivity contribution in [1.29, 1.82) is 0 Å². The number of carbonyl (C=O) groups is 1. The zero-order valence-electron chi connectivity index (χ0n) is 24.8. The van der Waals surface area contributed by atoms with Crippen LogP contribution in [0.5, 0.6) is 0 Å². The van der Waals surface area contributed by atoms with E-state index in [0.717, 1.165) is 24.9 Å². The Bertz CT molecular complexity index is 1590. The molecular formula is C32H38N4O4S3. The summed E-state index contributed by atoms with van der Waals surface area (Å²) < 4.78 is 36.9. The number of carbonyl (C=O) groups excluding carboxylic acids is 1. The lowest BCUT2D eigenvalue weighted by molar-refractivity contribution is -0.122. The summed E-state index contributed by atoms with van der Waals surface area (Å²) in [6.45, 7) is 7.15. The van der Waals surface area contributed by atoms with Crippen LogP contribution >= 0.6 is 24.0 Å². The largest absolute Gasteiger partial charge is 0.373 e. The molecule has 2 atom stereocenters. The molecule has 2 aliphatic rings. The molecule has 43 heavy (non-hydrogen) atoms. The number of benzene rings is 2. The standard InChI is InChI=1S/C32H38N4O4S3/c1-4-5-6-7-11-17-35-31(37)29(42-32(35)41)19-26-22-36(27-14-9-8-10-15-27)33-30(26)25-13-12-16-28(18-25)43(38,39)34-20-23(2)40-24(3)21-34/h8-10,12-16,18-19,22-24H,4-7,11,17,20-21H2,1-3H3. The van der Waals surface area contributed by atoms with Crippen molar-refractivity contribution in [3.63, 3.8) is 0 Å². The molecule has 2 aromatic carbocycles. The summed E-state index contributed by atoms with van der Waals surface area (Å²) in [5.41, 5.74) is 2.77. The number of unbranched alkanes of at least 4 members (excludes halogenated alkanes) is 4. The average Bonchev–Trinajstić information content (AvgIpc) is 3.53. The number of morpholine rings is 1. The van der Waals surface area contributed by atoms with Gasteiger partial charge in [-0.3, -0.25) is 9.69 Å². The Morgan fingerprint density at radius 1 is 1.02 bits per heavy atom. The van der Waals surface area contributed by atoms with Crippen LogP contribution in [-0.4, -0.2) is 69.5 Å². The molecule has 8 nitrogen and oxygen atoms in total. The summed E-state index contributed by atoms with van der Waals surface area (Å²) in [5, 5.41) is 4.87. The van der Waals surface area contributed by atoms with E-state index >= 15 is 0 Å². The fourth-order valence-electron chi connectivity index (χ4n) is 5.42. The minimum atomic E-state index is -3.76. The number of amides is 1. The third-order valence-electron chi connectivity index (χ3n) is 7.54. The second-order valence-electron chi connectivity index (χ2n) is 11.1. The minimum absolute atomic E-state index is 0.101. The van der Waals surface area contributed by atoms with Crippen LogP contribution in [0.4, 0.5) is 0 Å². The number of para-hydroxylation sites is 1. The maximum atomic E-state index is 13.7. The number of thiocarbonyl (C=S) groups is 1. The third-order valence-corrected chi connectivity index (χ3v) is 10.7. The van der Waals surface area contributed by atoms with Gasteiger partial charge in [0.2, 0.25) is 10.0 Å². The van der Waals surface area contributed by atoms with E-state index in [0.29, 0.717) is 45.7 Å². The van der Waals surface area contributed by atoms with Gasteiger partial charge in [0.05, 0.1) is 27.7 Å². The quantitative estimate of drug-likeness (QED) is 0.135. The van der Waals surface area contributed by atoms with Gasteiger partial charge in [0, 0.05) is 37.0 Å². The number of nitrogens with zero attached hydrogens (tertiary/aromatic N) is 4. The van der Waals surface area contributed by atoms with Crippen molar-refractivity contribution in [2.24, 2.45) is 0 Å². The van der Waals surface area contributed by atoms with Crippen molar-refractivity contribution in [2.75, 3.05) is 19.6 Å². The molecular weight excluding hydrogens is 601 g/mol. The van der Waals surface area contributed by atoms with E-state index in [1.165, 1.54) is 28.9 Å². The Morgan fingerprint density at radius 2 is 1.74 bits per heavy atom. The molecule has 0 aliphatic carbocycles. The fourth-order valence-corrected chi connectivity index (χ4v) is 8.35. The van der Waals surface area contributed by atoms with Gasteiger partial charge in [0.25, 0.3) is 5.91 Å². The van der Waals surface area contributed by atoms with Crippen molar-refractivity contribution in [3.05, 3.63) is 71.3 Å². The number of thioether (sulfide) groups is 1. The van der Waals surface area contributed by atoms with Crippen LogP contribution in [-0.2, 0) is 19.6 Å². The van der Waals surface area contributed by atoms with Crippen molar-refractivity contribution < 1.29 is 17.9 Å². The summed E-state index contributed by atoms with van der Waals surface area (Å²) in [4.78, 5) is 15.8. The van der Waals surface area contributed by atoms with Gasteiger partial charge in [0.1, 0.15) is 10.0 Å². The maximum absolute atomic E-state index is 13.7. The van der Waals surface area contributed by atoms with Gasteiger partial charge in [-0.15, -0.1) is 0 Å². The maximum Gasteiger partial charge on any atom is 0.266 e. The zero-order chi connectivity index (χ0) is 30.6. The van der Waals surface area contributed by atoms with Crippen LogP contribution in [0.25, 0.3) is 23.0 Å². The van der Waals surface area contributed by atoms with Crippen LogP contribution in [0, 0.1) is 0 Å². The monoisotopic (exact) mass is 638 g/mol. The Morgan fingerprint density at radius 3 is 2.47 bits per heavy atom. The van der Waals surface area contributed by atoms with Gasteiger partial charge < -0.3 is 4.74 Å². The normalized spacial score (nSPS) is 20.8. The number of ether oxygens (including phenoxy) is 1. The lowest BCUT2D eigenvalue weighted by Gasteiger charge is -2.34. The first-order chi connectivity index (χ1) is 20.7. The van der Waals surface area contributed by atoms with Crippen molar-refractivity contribution >= 4 is 50.3 Å². The minimum Gasteiger partial charge on any atom is -0.373 e. The van der Waals surface area contributed by atoms with E-state index in [4.69, 9.17) is 22.1 Å². The van der Waals surface area contributed by atoms with E-state index in [-0.39, 0.29) is 23.0 Å². The molecule has 2 fully saturated rings. The van der Waals surface area contributed by atoms with Gasteiger partial charge in [0.15, 0.2) is 0 Å². The van der Waals surface area contributed by atoms with Gasteiger partial charge >= 0.3 is 0 Å². The number of hydrogen-bond acceptors (Lipinski definition) is 7. The molecule has 1 amide bonds. The number of aromatic nitrogens is 2. The highest BCUT2D eigenvalue weighted by molar-refractivity contribution is 8.26. The lowest BCUT2D eigenvalue weighted by Crippen LogP contribution is -2.48. The summed E-state index contributed by atoms with van der Waals surface area (Å²) in [7, 11) is -3.76. The zero-order valence-corrected chi connectivity index (χ0v) is 27.3. The number of rotatable bonds is 11. The van der Waals surface area contributed by atoms with E-state index in [9.17, 15) is 13.2 Å². The smallest absolute Gasteiger partial charge is 0.266 e. The van der Waals surface area contributed by atoms with E-state index < -0.39 is 10.0 Å². The Balaban J connectivity index is 1.48. The first-order valence-electron chi connectivity index (χ1n) is 14.8. The molecule has 0 spiro atoms. The Labute approximate surface area is 264 Å². The highest BCUT2D eigenvalue weighted by Gasteiger charge is 2.34. The molecule has 11 heteroatoms. The van der Waals surface area contributed by atoms with E-state index in [2.05, 4.69) is 6.92 Å². The molecule has 2 saturated heterocycles. The van der Waals surface area contributed by atoms with E-state index in [1.54, 1.807) is 27.8 Å². The van der Waals surface area contributed by atoms with Crippen LogP contribution in [0.2, 0.25) is 0 Å². The van der Waals surface area contributed by atoms with Crippen LogP contribution in [0.1, 0.15) is 58.4 Å².